The molecule has 2 saturated heterocycles. The van der Waals surface area contributed by atoms with Gasteiger partial charge in [-0.2, -0.15) is 0 Å². The molecule has 0 amide bonds. The molecule has 26 heteroatoms. The number of carbonyl (C=O) groups is 4. The summed E-state index contributed by atoms with van der Waals surface area (Å²) in [5, 5.41) is 102. The van der Waals surface area contributed by atoms with E-state index in [1.165, 1.54) is 167 Å². The summed E-state index contributed by atoms with van der Waals surface area (Å²) in [6.45, 7) is 5.59. The number of phosphoric acid groups is 1. The van der Waals surface area contributed by atoms with Crippen molar-refractivity contribution in [3.63, 3.8) is 0 Å². The molecule has 25 nitrogen and oxygen atoms in total. The average Bonchev–Trinajstić information content (AvgIpc) is 0.753. The van der Waals surface area contributed by atoms with Gasteiger partial charge in [0.25, 0.3) is 0 Å². The summed E-state index contributed by atoms with van der Waals surface area (Å²) in [4.78, 5) is 66.4. The number of rotatable bonds is 75. The van der Waals surface area contributed by atoms with Crippen molar-refractivity contribution in [2.75, 3.05) is 26.4 Å². The number of ether oxygens (including phenoxy) is 8. The second-order valence-electron chi connectivity index (χ2n) is 33.2. The smallest absolute Gasteiger partial charge is 0.463 e. The quantitative estimate of drug-likeness (QED) is 0.00889. The number of unbranched alkanes of at least 4 members (excludes halogenated alkanes) is 49. The van der Waals surface area contributed by atoms with Crippen LogP contribution in [-0.4, -0.2) is 205 Å². The molecule has 18 unspecified atom stereocenters. The normalized spacial score (nSPS) is 25.3. The number of aliphatic hydroxyl groups excluding tert-OH is 9. The SMILES string of the molecule is CCCCCC/C=C\CCCCCCCCCC(=O)OC(COC(=O)CCCCCCCCCCCCCCC)COP(=O)(O)OC1C(OC2OC(CO)C(O)C(O)C2O)C(O)C(O)C(OC(=O)CCCCCCCCCCCCCCC)C1OC1OC(COC(=O)CCCCCCCCCCCCCCCCC)C(O)C(O)C1O. The maximum absolute atomic E-state index is 14.9. The van der Waals surface area contributed by atoms with E-state index >= 15 is 0 Å². The van der Waals surface area contributed by atoms with Gasteiger partial charge in [0.05, 0.1) is 13.2 Å². The van der Waals surface area contributed by atoms with Crippen LogP contribution in [-0.2, 0) is 70.7 Å². The lowest BCUT2D eigenvalue weighted by Crippen LogP contribution is -2.70. The Morgan fingerprint density at radius 1 is 0.339 bits per heavy atom. The van der Waals surface area contributed by atoms with Crippen LogP contribution in [0.4, 0.5) is 0 Å². The van der Waals surface area contributed by atoms with Crippen molar-refractivity contribution in [3.8, 4) is 0 Å². The molecule has 2 heterocycles. The molecule has 676 valence electrons. The third-order valence-corrected chi connectivity index (χ3v) is 23.8. The first-order chi connectivity index (χ1) is 55.7. The zero-order valence-electron chi connectivity index (χ0n) is 71.9. The van der Waals surface area contributed by atoms with Crippen LogP contribution in [0.1, 0.15) is 400 Å². The predicted octanol–water partition coefficient (Wildman–Crippen LogP) is 16.8. The van der Waals surface area contributed by atoms with Crippen molar-refractivity contribution in [1.82, 2.24) is 0 Å². The molecule has 2 aliphatic heterocycles. The van der Waals surface area contributed by atoms with Gasteiger partial charge in [-0.25, -0.2) is 4.57 Å². The Labute approximate surface area is 692 Å². The molecule has 3 aliphatic rings. The Morgan fingerprint density at radius 2 is 0.652 bits per heavy atom. The Kier molecular flexibility index (Phi) is 63.6. The number of aliphatic hydroxyl groups is 9. The van der Waals surface area contributed by atoms with E-state index in [9.17, 15) is 74.6 Å². The minimum Gasteiger partial charge on any atom is -0.463 e. The van der Waals surface area contributed by atoms with E-state index in [2.05, 4.69) is 39.8 Å². The number of carbonyl (C=O) groups excluding carboxylic acids is 4. The van der Waals surface area contributed by atoms with Crippen LogP contribution in [0.2, 0.25) is 0 Å². The molecule has 0 aromatic carbocycles. The van der Waals surface area contributed by atoms with Crippen molar-refractivity contribution in [1.29, 1.82) is 0 Å². The maximum atomic E-state index is 14.9. The molecular formula is C89H165O25P. The fourth-order valence-electron chi connectivity index (χ4n) is 15.4. The molecule has 0 aromatic rings. The highest BCUT2D eigenvalue weighted by Crippen LogP contribution is 2.49. The lowest BCUT2D eigenvalue weighted by Gasteiger charge is -2.50. The molecule has 0 bridgehead atoms. The van der Waals surface area contributed by atoms with Crippen molar-refractivity contribution in [2.45, 2.75) is 504 Å². The van der Waals surface area contributed by atoms with Crippen LogP contribution >= 0.6 is 7.82 Å². The topological polar surface area (TPSA) is 380 Å². The molecule has 3 rings (SSSR count). The van der Waals surface area contributed by atoms with Crippen LogP contribution < -0.4 is 0 Å². The molecule has 3 fully saturated rings. The Bertz CT molecular complexity index is 2440. The van der Waals surface area contributed by atoms with Crippen LogP contribution in [0.15, 0.2) is 12.2 Å². The number of allylic oxidation sites excluding steroid dienone is 2. The molecule has 1 saturated carbocycles. The van der Waals surface area contributed by atoms with Crippen LogP contribution in [0.5, 0.6) is 0 Å². The van der Waals surface area contributed by atoms with Gasteiger partial charge in [0.15, 0.2) is 24.8 Å². The van der Waals surface area contributed by atoms with Gasteiger partial charge < -0.3 is 88.7 Å². The molecule has 115 heavy (non-hydrogen) atoms. The Balaban J connectivity index is 1.92. The van der Waals surface area contributed by atoms with E-state index in [0.717, 1.165) is 141 Å². The van der Waals surface area contributed by atoms with E-state index in [1.54, 1.807) is 0 Å². The first-order valence-electron chi connectivity index (χ1n) is 46.4. The maximum Gasteiger partial charge on any atom is 0.472 e. The number of hydrogen-bond donors (Lipinski definition) is 10. The molecule has 0 radical (unpaired) electrons. The molecule has 18 atom stereocenters. The van der Waals surface area contributed by atoms with Gasteiger partial charge in [-0.15, -0.1) is 0 Å². The van der Waals surface area contributed by atoms with Gasteiger partial charge in [-0.05, 0) is 51.4 Å². The van der Waals surface area contributed by atoms with Gasteiger partial charge >= 0.3 is 31.7 Å². The second-order valence-corrected chi connectivity index (χ2v) is 34.6. The Morgan fingerprint density at radius 3 is 1.04 bits per heavy atom. The first-order valence-corrected chi connectivity index (χ1v) is 47.9. The van der Waals surface area contributed by atoms with Gasteiger partial charge in [-0.1, -0.05) is 335 Å². The molecule has 0 spiro atoms. The molecular weight excluding hydrogens is 1500 g/mol. The third kappa shape index (κ3) is 49.2. The van der Waals surface area contributed by atoms with Crippen LogP contribution in [0.25, 0.3) is 0 Å². The monoisotopic (exact) mass is 1670 g/mol. The lowest BCUT2D eigenvalue weighted by molar-refractivity contribution is -0.360. The molecule has 1 aliphatic carbocycles. The second kappa shape index (κ2) is 68.7. The molecule has 10 N–H and O–H groups in total. The van der Waals surface area contributed by atoms with Crippen molar-refractivity contribution < 1.29 is 122 Å². The van der Waals surface area contributed by atoms with E-state index in [0.29, 0.717) is 38.5 Å². The van der Waals surface area contributed by atoms with Gasteiger partial charge in [-0.3, -0.25) is 28.2 Å². The summed E-state index contributed by atoms with van der Waals surface area (Å²) in [5.74, 6) is -2.96. The van der Waals surface area contributed by atoms with Crippen LogP contribution in [0, 0.1) is 0 Å². The minimum atomic E-state index is -5.80. The van der Waals surface area contributed by atoms with Crippen molar-refractivity contribution in [3.05, 3.63) is 12.2 Å². The highest BCUT2D eigenvalue weighted by molar-refractivity contribution is 7.47. The fourth-order valence-corrected chi connectivity index (χ4v) is 16.3. The zero-order chi connectivity index (χ0) is 84.0. The minimum absolute atomic E-state index is 0.0189. The summed E-state index contributed by atoms with van der Waals surface area (Å²) < 4.78 is 73.4. The Hall–Kier alpha value is -2.79. The van der Waals surface area contributed by atoms with Crippen LogP contribution in [0.3, 0.4) is 0 Å². The zero-order valence-corrected chi connectivity index (χ0v) is 72.7. The van der Waals surface area contributed by atoms with E-state index in [1.807, 2.05) is 0 Å². The summed E-state index contributed by atoms with van der Waals surface area (Å²) in [7, 11) is -5.80. The lowest BCUT2D eigenvalue weighted by atomic mass is 9.84. The standard InChI is InChI=1S/C89H165O25P/c1-5-9-13-17-21-25-29-33-35-39-42-46-50-54-58-62-73(92)106-68-71-77(96)79(98)83(102)89(110-71)113-86-84(111-75(94)64-60-56-52-48-43-38-32-28-24-20-16-12-8-4)80(99)81(100)85(112-88-82(101)78(97)76(95)70(65-90)109-88)87(86)114-115(103,104)107-67-69(66-105-72(91)61-57-53-49-45-41-37-31-27-23-19-15-11-7-3)108-74(93)63-59-55-51-47-44-40-36-34-30-26-22-18-14-10-6-2/h26,30,69-71,76-90,95-102H,5-25,27-29,31-68H2,1-4H3,(H,103,104)/b30-26-. The average molecular weight is 1670 g/mol. The number of esters is 4. The first kappa shape index (κ1) is 106. The highest BCUT2D eigenvalue weighted by atomic mass is 31.2. The van der Waals surface area contributed by atoms with E-state index in [-0.39, 0.29) is 25.7 Å². The summed E-state index contributed by atoms with van der Waals surface area (Å²) in [5.41, 5.74) is 0. The third-order valence-electron chi connectivity index (χ3n) is 22.8. The number of hydrogen-bond acceptors (Lipinski definition) is 24. The molecule has 0 aromatic heterocycles. The van der Waals surface area contributed by atoms with Crippen molar-refractivity contribution >= 4 is 31.7 Å². The summed E-state index contributed by atoms with van der Waals surface area (Å²) in [6, 6.07) is 0. The van der Waals surface area contributed by atoms with Gasteiger partial charge in [0.1, 0.15) is 92.6 Å². The number of phosphoric ester groups is 1. The summed E-state index contributed by atoms with van der Waals surface area (Å²) in [6.07, 6.45) is 26.4. The summed E-state index contributed by atoms with van der Waals surface area (Å²) >= 11 is 0. The van der Waals surface area contributed by atoms with E-state index in [4.69, 9.17) is 46.9 Å². The highest BCUT2D eigenvalue weighted by Gasteiger charge is 2.60. The van der Waals surface area contributed by atoms with Gasteiger partial charge in [0, 0.05) is 25.7 Å². The van der Waals surface area contributed by atoms with E-state index < -0.39 is 162 Å². The van der Waals surface area contributed by atoms with Gasteiger partial charge in [0.2, 0.25) is 0 Å². The fraction of sp³-hybridized carbons (Fsp3) is 0.933. The predicted molar refractivity (Wildman–Crippen MR) is 444 cm³/mol. The van der Waals surface area contributed by atoms with Crippen molar-refractivity contribution in [2.24, 2.45) is 0 Å². The largest absolute Gasteiger partial charge is 0.472 e.